The van der Waals surface area contributed by atoms with Gasteiger partial charge in [0.1, 0.15) is 17.4 Å². The van der Waals surface area contributed by atoms with Crippen molar-refractivity contribution in [3.8, 4) is 39.1 Å². The zero-order valence-electron chi connectivity index (χ0n) is 28.6. The number of esters is 1. The molecule has 0 aliphatic carbocycles. The molecule has 0 saturated carbocycles. The third kappa shape index (κ3) is 15.1. The molecule has 0 saturated heterocycles. The van der Waals surface area contributed by atoms with Crippen LogP contribution in [0.25, 0.3) is 44.2 Å². The summed E-state index contributed by atoms with van der Waals surface area (Å²) >= 11 is 0. The van der Waals surface area contributed by atoms with Crippen molar-refractivity contribution in [1.29, 1.82) is 0 Å². The number of unbranched alkanes of at least 4 members (excludes halogenated alkanes) is 3. The Morgan fingerprint density at radius 2 is 1.25 bits per heavy atom. The number of carbonyl (C=O) groups excluding carboxylic acids is 2. The molecule has 0 radical (unpaired) electrons. The van der Waals surface area contributed by atoms with Crippen LogP contribution < -0.4 is 4.74 Å². The van der Waals surface area contributed by atoms with Crippen LogP contribution in [-0.2, 0) is 14.3 Å². The van der Waals surface area contributed by atoms with Crippen molar-refractivity contribution >= 4 is 23.0 Å². The second kappa shape index (κ2) is 25.7. The maximum absolute atomic E-state index is 15.2. The van der Waals surface area contributed by atoms with E-state index in [0.717, 1.165) is 66.2 Å². The van der Waals surface area contributed by atoms with Gasteiger partial charge in [0.25, 0.3) is 0 Å². The number of fused-ring (bicyclic) bond motifs is 1. The first-order chi connectivity index (χ1) is 23.8. The van der Waals surface area contributed by atoms with Crippen molar-refractivity contribution in [3.63, 3.8) is 0 Å². The fraction of sp³-hybridized carbons (Fsp3) is 0.163. The Morgan fingerprint density at radius 3 is 1.86 bits per heavy atom. The van der Waals surface area contributed by atoms with E-state index in [2.05, 4.69) is 33.1 Å². The van der Waals surface area contributed by atoms with Crippen LogP contribution in [-0.4, -0.2) is 25.5 Å². The van der Waals surface area contributed by atoms with Crippen molar-refractivity contribution in [1.82, 2.24) is 0 Å². The van der Waals surface area contributed by atoms with Crippen molar-refractivity contribution in [2.45, 2.75) is 32.1 Å². The fourth-order valence-electron chi connectivity index (χ4n) is 4.86. The standard InChI is InChI=1S/C37H31F2O3.C3H3O.C3H6.2U/c1-2-37(40)42-22-8-4-3-7-21-41-32-17-13-27(14-18-32)33-20-16-31(25-36(33)39)34-19-15-30(24-35(34)38)29-12-11-26-9-5-6-10-28(26)23-29;1-2-3-4;1-3-2;;/h2,6,9-20,23-25H,1,3-4,7-8,21-22H2;2H,1H2;1-3H2;;/q2*-1;-2;2*+2. The van der Waals surface area contributed by atoms with Crippen LogP contribution in [0.2, 0.25) is 0 Å². The first-order valence-corrected chi connectivity index (χ1v) is 15.9. The zero-order valence-corrected chi connectivity index (χ0v) is 36.9. The van der Waals surface area contributed by atoms with Gasteiger partial charge in [-0.2, -0.15) is 24.3 Å². The molecule has 0 aliphatic rings. The number of allylic oxidation sites excluding steroid dienone is 1. The Labute approximate surface area is 348 Å². The summed E-state index contributed by atoms with van der Waals surface area (Å²) in [6.45, 7) is 14.1. The Morgan fingerprint density at radius 1 is 0.725 bits per heavy atom. The summed E-state index contributed by atoms with van der Waals surface area (Å²) in [7, 11) is 0. The molecule has 0 amide bonds. The summed E-state index contributed by atoms with van der Waals surface area (Å²) < 4.78 is 41.2. The van der Waals surface area contributed by atoms with Crippen LogP contribution >= 0.6 is 0 Å². The van der Waals surface area contributed by atoms with E-state index in [1.165, 1.54) is 18.4 Å². The smallest absolute Gasteiger partial charge is 0.494 e. The van der Waals surface area contributed by atoms with Crippen LogP contribution in [0.1, 0.15) is 32.1 Å². The predicted octanol–water partition coefficient (Wildman–Crippen LogP) is 10.9. The number of halogens is 2. The van der Waals surface area contributed by atoms with E-state index in [4.69, 9.17) is 14.3 Å². The number of carbonyl (C=O) groups is 1. The van der Waals surface area contributed by atoms with E-state index < -0.39 is 17.6 Å². The quantitative estimate of drug-likeness (QED) is 0.0510. The Hall–Kier alpha value is -3.26. The van der Waals surface area contributed by atoms with E-state index in [1.807, 2.05) is 66.7 Å². The van der Waals surface area contributed by atoms with E-state index in [0.29, 0.717) is 41.2 Å². The molecular weight excluding hydrogens is 1090 g/mol. The summed E-state index contributed by atoms with van der Waals surface area (Å²) in [6, 6.07) is 31.9. The van der Waals surface area contributed by atoms with Crippen molar-refractivity contribution in [3.05, 3.63) is 154 Å². The maximum Gasteiger partial charge on any atom is 2.00 e. The molecule has 0 unspecified atom stereocenters. The Balaban J connectivity index is 0.00000133. The molecule has 0 aromatic heterocycles. The Kier molecular flexibility index (Phi) is 23.0. The molecule has 0 heterocycles. The second-order valence-electron chi connectivity index (χ2n) is 10.7. The van der Waals surface area contributed by atoms with Gasteiger partial charge >= 0.3 is 68.2 Å². The number of hydrogen-bond acceptors (Lipinski definition) is 4. The van der Waals surface area contributed by atoms with Crippen molar-refractivity contribution < 1.29 is 90.1 Å². The first-order valence-electron chi connectivity index (χ1n) is 15.9. The average Bonchev–Trinajstić information content (AvgIpc) is 3.13. The van der Waals surface area contributed by atoms with Gasteiger partial charge in [0.2, 0.25) is 0 Å². The number of ether oxygens (including phenoxy) is 2. The van der Waals surface area contributed by atoms with Crippen LogP contribution in [0.5, 0.6) is 5.75 Å². The largest absolute Gasteiger partial charge is 2.00 e. The monoisotopic (exact) mass is 1130 g/mol. The number of benzene rings is 5. The molecule has 4 nitrogen and oxygen atoms in total. The summed E-state index contributed by atoms with van der Waals surface area (Å²) in [5, 5.41) is 2.13. The molecule has 0 fully saturated rings. The van der Waals surface area contributed by atoms with Gasteiger partial charge in [-0.1, -0.05) is 55.1 Å². The molecule has 0 aliphatic heterocycles. The molecule has 0 bridgehead atoms. The minimum atomic E-state index is -0.422. The minimum Gasteiger partial charge on any atom is -0.494 e. The van der Waals surface area contributed by atoms with Gasteiger partial charge in [0, 0.05) is 17.2 Å². The summed E-state index contributed by atoms with van der Waals surface area (Å²) in [6.07, 6.45) is 8.02. The number of hydrogen-bond donors (Lipinski definition) is 0. The summed E-state index contributed by atoms with van der Waals surface area (Å²) in [5.41, 5.74) is 3.65. The molecular formula is C43H40F2O4U2. The van der Waals surface area contributed by atoms with Crippen molar-refractivity contribution in [2.24, 2.45) is 0 Å². The van der Waals surface area contributed by atoms with Crippen LogP contribution in [0.15, 0.2) is 122 Å². The summed E-state index contributed by atoms with van der Waals surface area (Å²) in [4.78, 5) is 19.9. The van der Waals surface area contributed by atoms with E-state index in [9.17, 15) is 4.79 Å². The minimum absolute atomic E-state index is 0. The predicted molar refractivity (Wildman–Crippen MR) is 195 cm³/mol. The first kappa shape index (κ1) is 45.8. The van der Waals surface area contributed by atoms with Gasteiger partial charge in [0.05, 0.1) is 13.2 Å². The average molecular weight is 1130 g/mol. The molecule has 5 rings (SSSR count). The molecule has 5 aromatic rings. The molecule has 5 aromatic carbocycles. The zero-order chi connectivity index (χ0) is 35.4. The molecule has 51 heavy (non-hydrogen) atoms. The molecule has 0 N–H and O–H groups in total. The number of rotatable bonds is 13. The maximum atomic E-state index is 15.2. The SMILES string of the molecule is C=CC(=O)OCCCCCCOc1ccc(-c2ccc(-c3ccc(-c4ccc5c[c-]ccc5c4)cc3F)cc2F)cc1.C=C[C-]=O.[CH2-]C[CH2-].[U+2].[U+2]. The fourth-order valence-corrected chi connectivity index (χ4v) is 4.86. The van der Waals surface area contributed by atoms with Gasteiger partial charge in [-0.25, -0.2) is 26.2 Å². The van der Waals surface area contributed by atoms with Crippen molar-refractivity contribution in [2.75, 3.05) is 13.2 Å². The third-order valence-corrected chi connectivity index (χ3v) is 7.23. The van der Waals surface area contributed by atoms with Gasteiger partial charge in [-0.05, 0) is 78.5 Å². The van der Waals surface area contributed by atoms with Gasteiger partial charge in [-0.3, -0.25) is 0 Å². The normalized spacial score (nSPS) is 9.73. The molecule has 8 heteroatoms. The molecule has 258 valence electrons. The van der Waals surface area contributed by atoms with Crippen LogP contribution in [0.3, 0.4) is 0 Å². The van der Waals surface area contributed by atoms with Gasteiger partial charge in [-0.15, -0.1) is 16.8 Å². The second-order valence-corrected chi connectivity index (χ2v) is 10.7. The van der Waals surface area contributed by atoms with Crippen LogP contribution in [0.4, 0.5) is 8.78 Å². The third-order valence-electron chi connectivity index (χ3n) is 7.23. The Bertz CT molecular complexity index is 1820. The molecule has 0 atom stereocenters. The topological polar surface area (TPSA) is 52.6 Å². The van der Waals surface area contributed by atoms with E-state index in [1.54, 1.807) is 18.2 Å². The van der Waals surface area contributed by atoms with E-state index in [-0.39, 0.29) is 62.2 Å². The van der Waals surface area contributed by atoms with Gasteiger partial charge in [0.15, 0.2) is 0 Å². The molecule has 0 spiro atoms. The summed E-state index contributed by atoms with van der Waals surface area (Å²) in [5.74, 6) is -0.509. The van der Waals surface area contributed by atoms with E-state index >= 15 is 8.78 Å². The van der Waals surface area contributed by atoms with Gasteiger partial charge < -0.3 is 34.5 Å². The van der Waals surface area contributed by atoms with Crippen LogP contribution in [0, 0.1) is 93.8 Å².